The summed E-state index contributed by atoms with van der Waals surface area (Å²) in [7, 11) is 0. The van der Waals surface area contributed by atoms with Crippen molar-refractivity contribution < 1.29 is 0 Å². The van der Waals surface area contributed by atoms with Crippen LogP contribution >= 0.6 is 0 Å². The van der Waals surface area contributed by atoms with Gasteiger partial charge >= 0.3 is 0 Å². The Morgan fingerprint density at radius 3 is 3.09 bits per heavy atom. The summed E-state index contributed by atoms with van der Waals surface area (Å²) in [6, 6.07) is 0.672. The molecule has 0 radical (unpaired) electrons. The first-order valence-corrected chi connectivity index (χ1v) is 4.57. The fourth-order valence-corrected chi connectivity index (χ4v) is 2.26. The quantitative estimate of drug-likeness (QED) is 0.562. The maximum atomic E-state index is 4.28. The van der Waals surface area contributed by atoms with Gasteiger partial charge in [0.15, 0.2) is 0 Å². The number of hydrazone groups is 1. The van der Waals surface area contributed by atoms with Gasteiger partial charge in [0.1, 0.15) is 0 Å². The summed E-state index contributed by atoms with van der Waals surface area (Å²) in [6.45, 7) is 4.50. The van der Waals surface area contributed by atoms with Gasteiger partial charge in [-0.2, -0.15) is 5.10 Å². The number of rotatable bonds is 0. The Morgan fingerprint density at radius 2 is 2.27 bits per heavy atom. The highest BCUT2D eigenvalue weighted by atomic mass is 15.3. The second-order valence-electron chi connectivity index (χ2n) is 4.01. The lowest BCUT2D eigenvalue weighted by Gasteiger charge is -2.29. The Labute approximate surface area is 68.1 Å². The molecule has 0 aromatic carbocycles. The fourth-order valence-electron chi connectivity index (χ4n) is 2.26. The van der Waals surface area contributed by atoms with Crippen LogP contribution in [0.3, 0.4) is 0 Å². The first-order valence-electron chi connectivity index (χ1n) is 4.57. The van der Waals surface area contributed by atoms with Crippen LogP contribution in [0, 0.1) is 11.8 Å². The summed E-state index contributed by atoms with van der Waals surface area (Å²) < 4.78 is 0. The van der Waals surface area contributed by atoms with Crippen LogP contribution in [0.15, 0.2) is 5.10 Å². The van der Waals surface area contributed by atoms with Gasteiger partial charge in [-0.1, -0.05) is 6.92 Å². The van der Waals surface area contributed by atoms with E-state index in [1.807, 2.05) is 0 Å². The largest absolute Gasteiger partial charge is 0.306 e. The van der Waals surface area contributed by atoms with Crippen LogP contribution in [0.1, 0.15) is 33.1 Å². The van der Waals surface area contributed by atoms with Gasteiger partial charge in [-0.15, -0.1) is 0 Å². The second kappa shape index (κ2) is 2.50. The van der Waals surface area contributed by atoms with Crippen molar-refractivity contribution in [3.63, 3.8) is 0 Å². The van der Waals surface area contributed by atoms with Gasteiger partial charge in [0.2, 0.25) is 0 Å². The van der Waals surface area contributed by atoms with Crippen LogP contribution in [-0.4, -0.2) is 11.8 Å². The summed E-state index contributed by atoms with van der Waals surface area (Å²) in [4.78, 5) is 0. The molecule has 11 heavy (non-hydrogen) atoms. The van der Waals surface area contributed by atoms with E-state index in [1.54, 1.807) is 0 Å². The van der Waals surface area contributed by atoms with E-state index in [2.05, 4.69) is 24.4 Å². The zero-order valence-corrected chi connectivity index (χ0v) is 7.30. The zero-order valence-electron chi connectivity index (χ0n) is 7.30. The average Bonchev–Trinajstić information content (AvgIpc) is 2.33. The first-order chi connectivity index (χ1) is 5.27. The van der Waals surface area contributed by atoms with Crippen molar-refractivity contribution in [2.75, 3.05) is 0 Å². The van der Waals surface area contributed by atoms with Gasteiger partial charge in [-0.3, -0.25) is 0 Å². The Balaban J connectivity index is 2.07. The lowest BCUT2D eigenvalue weighted by atomic mass is 9.78. The van der Waals surface area contributed by atoms with E-state index in [0.29, 0.717) is 6.04 Å². The van der Waals surface area contributed by atoms with Gasteiger partial charge in [-0.05, 0) is 32.1 Å². The normalized spacial score (nSPS) is 42.7. The Kier molecular flexibility index (Phi) is 1.63. The van der Waals surface area contributed by atoms with Crippen LogP contribution in [0.4, 0.5) is 0 Å². The van der Waals surface area contributed by atoms with Crippen molar-refractivity contribution in [1.82, 2.24) is 5.43 Å². The Morgan fingerprint density at radius 1 is 1.45 bits per heavy atom. The van der Waals surface area contributed by atoms with Crippen molar-refractivity contribution in [3.8, 4) is 0 Å². The van der Waals surface area contributed by atoms with Crippen LogP contribution < -0.4 is 5.43 Å². The molecule has 2 heteroatoms. The van der Waals surface area contributed by atoms with Crippen molar-refractivity contribution in [2.45, 2.75) is 39.2 Å². The molecule has 3 unspecified atom stereocenters. The summed E-state index contributed by atoms with van der Waals surface area (Å²) in [5.41, 5.74) is 4.54. The van der Waals surface area contributed by atoms with E-state index in [-0.39, 0.29) is 0 Å². The van der Waals surface area contributed by atoms with Crippen molar-refractivity contribution in [3.05, 3.63) is 0 Å². The third kappa shape index (κ3) is 1.15. The minimum absolute atomic E-state index is 0.672. The average molecular weight is 152 g/mol. The molecule has 3 atom stereocenters. The predicted molar refractivity (Wildman–Crippen MR) is 46.5 cm³/mol. The zero-order chi connectivity index (χ0) is 7.84. The predicted octanol–water partition coefficient (Wildman–Crippen LogP) is 1.77. The Bertz CT molecular complexity index is 186. The number of fused-ring (bicyclic) bond motifs is 1. The molecule has 2 rings (SSSR count). The second-order valence-corrected chi connectivity index (χ2v) is 4.01. The summed E-state index contributed by atoms with van der Waals surface area (Å²) in [5, 5.41) is 4.28. The molecular formula is C9H16N2. The van der Waals surface area contributed by atoms with Gasteiger partial charge in [0, 0.05) is 11.6 Å². The van der Waals surface area contributed by atoms with Gasteiger partial charge in [-0.25, -0.2) is 0 Å². The molecule has 62 valence electrons. The lowest BCUT2D eigenvalue weighted by molar-refractivity contribution is 0.285. The molecule has 0 spiro atoms. The fraction of sp³-hybridized carbons (Fsp3) is 0.889. The van der Waals surface area contributed by atoms with E-state index >= 15 is 0 Å². The maximum Gasteiger partial charge on any atom is 0.0521 e. The van der Waals surface area contributed by atoms with E-state index < -0.39 is 0 Å². The smallest absolute Gasteiger partial charge is 0.0521 e. The number of hydrogen-bond donors (Lipinski definition) is 1. The molecule has 0 bridgehead atoms. The highest BCUT2D eigenvalue weighted by molar-refractivity contribution is 5.86. The molecule has 0 aromatic rings. The van der Waals surface area contributed by atoms with E-state index in [9.17, 15) is 0 Å². The SMILES string of the molecule is CC1=NNC2CCC(C)CC12. The summed E-state index contributed by atoms with van der Waals surface area (Å²) in [6.07, 6.45) is 4.02. The third-order valence-electron chi connectivity index (χ3n) is 3.06. The summed E-state index contributed by atoms with van der Waals surface area (Å²) >= 11 is 0. The molecule has 1 heterocycles. The van der Waals surface area contributed by atoms with Crippen LogP contribution in [-0.2, 0) is 0 Å². The van der Waals surface area contributed by atoms with Gasteiger partial charge in [0.25, 0.3) is 0 Å². The molecule has 2 nitrogen and oxygen atoms in total. The van der Waals surface area contributed by atoms with Crippen molar-refractivity contribution >= 4 is 5.71 Å². The van der Waals surface area contributed by atoms with Crippen LogP contribution in [0.5, 0.6) is 0 Å². The number of hydrogen-bond acceptors (Lipinski definition) is 2. The highest BCUT2D eigenvalue weighted by Gasteiger charge is 2.33. The first kappa shape index (κ1) is 7.14. The molecule has 2 aliphatic rings. The molecular weight excluding hydrogens is 136 g/mol. The number of nitrogens with one attached hydrogen (secondary N) is 1. The molecule has 0 saturated heterocycles. The van der Waals surface area contributed by atoms with E-state index in [4.69, 9.17) is 0 Å². The van der Waals surface area contributed by atoms with E-state index in [1.165, 1.54) is 25.0 Å². The molecule has 1 fully saturated rings. The molecule has 0 aromatic heterocycles. The van der Waals surface area contributed by atoms with Crippen LogP contribution in [0.2, 0.25) is 0 Å². The minimum atomic E-state index is 0.672. The Hall–Kier alpha value is -0.530. The van der Waals surface area contributed by atoms with Crippen LogP contribution in [0.25, 0.3) is 0 Å². The van der Waals surface area contributed by atoms with E-state index in [0.717, 1.165) is 11.8 Å². The summed E-state index contributed by atoms with van der Waals surface area (Å²) in [5.74, 6) is 1.65. The minimum Gasteiger partial charge on any atom is -0.306 e. The monoisotopic (exact) mass is 152 g/mol. The standard InChI is InChI=1S/C9H16N2/c1-6-3-4-9-8(5-6)7(2)10-11-9/h6,8-9,11H,3-5H2,1-2H3. The topological polar surface area (TPSA) is 24.4 Å². The molecule has 0 amide bonds. The number of nitrogens with zero attached hydrogens (tertiary/aromatic N) is 1. The third-order valence-corrected chi connectivity index (χ3v) is 3.06. The van der Waals surface area contributed by atoms with Crippen molar-refractivity contribution in [1.29, 1.82) is 0 Å². The highest BCUT2D eigenvalue weighted by Crippen LogP contribution is 2.32. The molecule has 1 N–H and O–H groups in total. The molecule has 1 aliphatic carbocycles. The molecule has 1 aliphatic heterocycles. The van der Waals surface area contributed by atoms with Gasteiger partial charge < -0.3 is 5.43 Å². The lowest BCUT2D eigenvalue weighted by Crippen LogP contribution is -2.34. The molecule has 1 saturated carbocycles. The van der Waals surface area contributed by atoms with Crippen molar-refractivity contribution in [2.24, 2.45) is 16.9 Å². The maximum absolute atomic E-state index is 4.28. The van der Waals surface area contributed by atoms with Gasteiger partial charge in [0.05, 0.1) is 6.04 Å².